The van der Waals surface area contributed by atoms with Crippen LogP contribution in [0.1, 0.15) is 28.3 Å². The number of imide groups is 1. The number of urea groups is 1. The highest BCUT2D eigenvalue weighted by atomic mass is 35.5. The molecule has 1 aromatic heterocycles. The van der Waals surface area contributed by atoms with E-state index in [1.807, 2.05) is 19.1 Å². The Kier molecular flexibility index (Phi) is 5.04. The fourth-order valence-electron chi connectivity index (χ4n) is 3.56. The zero-order valence-corrected chi connectivity index (χ0v) is 16.7. The maximum Gasteiger partial charge on any atom is 0.329 e. The molecule has 0 saturated carbocycles. The number of fused-ring (bicyclic) bond motifs is 1. The summed E-state index contributed by atoms with van der Waals surface area (Å²) in [5, 5.41) is 22.9. The quantitative estimate of drug-likeness (QED) is 0.442. The number of aromatic amines is 1. The van der Waals surface area contributed by atoms with Crippen LogP contribution < -0.4 is 5.32 Å². The molecule has 2 aromatic carbocycles. The maximum absolute atomic E-state index is 13.0. The number of aryl methyl sites for hydroxylation is 1. The van der Waals surface area contributed by atoms with Crippen molar-refractivity contribution in [3.63, 3.8) is 0 Å². The molecular weight excluding hydrogens is 404 g/mol. The van der Waals surface area contributed by atoms with Gasteiger partial charge in [-0.15, -0.1) is 0 Å². The van der Waals surface area contributed by atoms with Crippen molar-refractivity contribution in [1.82, 2.24) is 15.2 Å². The molecule has 1 aliphatic rings. The number of carbonyl (C=O) groups excluding carboxylic acids is 2. The van der Waals surface area contributed by atoms with Crippen molar-refractivity contribution in [1.29, 1.82) is 5.26 Å². The third-order valence-electron chi connectivity index (χ3n) is 5.20. The molecule has 7 nitrogen and oxygen atoms in total. The predicted octanol–water partition coefficient (Wildman–Crippen LogP) is 3.63. The van der Waals surface area contributed by atoms with E-state index in [2.05, 4.69) is 10.3 Å². The van der Waals surface area contributed by atoms with E-state index in [4.69, 9.17) is 16.9 Å². The number of halogens is 1. The average Bonchev–Trinajstić information content (AvgIpc) is 3.28. The van der Waals surface area contributed by atoms with Gasteiger partial charge < -0.3 is 15.4 Å². The molecule has 0 radical (unpaired) electrons. The summed E-state index contributed by atoms with van der Waals surface area (Å²) in [6, 6.07) is 10.5. The number of aliphatic hydroxyl groups is 1. The number of rotatable bonds is 4. The van der Waals surface area contributed by atoms with Crippen LogP contribution in [0.3, 0.4) is 0 Å². The van der Waals surface area contributed by atoms with Gasteiger partial charge in [0, 0.05) is 22.2 Å². The van der Waals surface area contributed by atoms with Gasteiger partial charge in [-0.1, -0.05) is 29.8 Å². The Morgan fingerprint density at radius 1 is 1.23 bits per heavy atom. The molecule has 1 aliphatic heterocycles. The molecule has 3 aromatic rings. The van der Waals surface area contributed by atoms with Gasteiger partial charge in [-0.05, 0) is 42.3 Å². The minimum absolute atomic E-state index is 0.112. The highest BCUT2D eigenvalue weighted by molar-refractivity contribution is 6.32. The van der Waals surface area contributed by atoms with Crippen LogP contribution in [0, 0.1) is 18.3 Å². The molecule has 0 unspecified atom stereocenters. The van der Waals surface area contributed by atoms with Crippen LogP contribution in [0.4, 0.5) is 4.79 Å². The number of nitrogens with zero attached hydrogens (tertiary/aromatic N) is 2. The van der Waals surface area contributed by atoms with Gasteiger partial charge in [-0.25, -0.2) is 9.69 Å². The van der Waals surface area contributed by atoms with Crippen LogP contribution in [0.2, 0.25) is 5.02 Å². The molecule has 0 aliphatic carbocycles. The molecule has 0 spiro atoms. The normalized spacial score (nSPS) is 16.2. The lowest BCUT2D eigenvalue weighted by molar-refractivity contribution is -0.125. The first-order chi connectivity index (χ1) is 14.4. The molecule has 3 amide bonds. The summed E-state index contributed by atoms with van der Waals surface area (Å²) in [5.74, 6) is -0.538. The molecule has 1 saturated heterocycles. The van der Waals surface area contributed by atoms with E-state index in [1.54, 1.807) is 42.6 Å². The Bertz CT molecular complexity index is 1240. The highest BCUT2D eigenvalue weighted by Gasteiger charge is 2.39. The number of nitriles is 1. The van der Waals surface area contributed by atoms with Crippen molar-refractivity contribution in [3.05, 3.63) is 75.6 Å². The van der Waals surface area contributed by atoms with Gasteiger partial charge >= 0.3 is 6.03 Å². The summed E-state index contributed by atoms with van der Waals surface area (Å²) in [7, 11) is 0. The Balaban J connectivity index is 1.68. The van der Waals surface area contributed by atoms with E-state index in [-0.39, 0.29) is 5.70 Å². The van der Waals surface area contributed by atoms with Gasteiger partial charge in [0.25, 0.3) is 5.91 Å². The fourth-order valence-corrected chi connectivity index (χ4v) is 3.72. The molecule has 0 bridgehead atoms. The second-order valence-corrected chi connectivity index (χ2v) is 7.34. The number of carbonyl (C=O) groups is 2. The number of hydrogen-bond donors (Lipinski definition) is 3. The second-order valence-electron chi connectivity index (χ2n) is 6.93. The maximum atomic E-state index is 13.0. The molecular formula is C22H17ClN4O3. The number of aromatic nitrogens is 1. The van der Waals surface area contributed by atoms with Crippen LogP contribution in [0.15, 0.2) is 48.3 Å². The number of benzene rings is 2. The SMILES string of the molecule is Cc1c(Cl)ccc2c(/C=C3\NC(=O)N([C@@H](CO)c4ccc(C#N)cc4)C3=O)c[nH]c12. The minimum Gasteiger partial charge on any atom is -0.394 e. The van der Waals surface area contributed by atoms with Crippen molar-refractivity contribution in [2.75, 3.05) is 6.61 Å². The summed E-state index contributed by atoms with van der Waals surface area (Å²) < 4.78 is 0. The van der Waals surface area contributed by atoms with Gasteiger partial charge in [0.05, 0.1) is 29.8 Å². The van der Waals surface area contributed by atoms with E-state index >= 15 is 0 Å². The van der Waals surface area contributed by atoms with Crippen molar-refractivity contribution < 1.29 is 14.7 Å². The highest BCUT2D eigenvalue weighted by Crippen LogP contribution is 2.30. The van der Waals surface area contributed by atoms with Crippen LogP contribution >= 0.6 is 11.6 Å². The number of H-pyrrole nitrogens is 1. The minimum atomic E-state index is -0.861. The zero-order valence-electron chi connectivity index (χ0n) is 15.9. The molecule has 1 fully saturated rings. The molecule has 2 heterocycles. The first-order valence-corrected chi connectivity index (χ1v) is 9.55. The summed E-state index contributed by atoms with van der Waals surface area (Å²) in [4.78, 5) is 29.7. The van der Waals surface area contributed by atoms with Gasteiger partial charge in [-0.2, -0.15) is 5.26 Å². The third kappa shape index (κ3) is 3.22. The summed E-state index contributed by atoms with van der Waals surface area (Å²) in [5.41, 5.74) is 3.59. The number of hydrogen-bond acceptors (Lipinski definition) is 4. The summed E-state index contributed by atoms with van der Waals surface area (Å²) >= 11 is 6.16. The third-order valence-corrected chi connectivity index (χ3v) is 5.61. The van der Waals surface area contributed by atoms with Gasteiger partial charge in [-0.3, -0.25) is 4.79 Å². The second kappa shape index (κ2) is 7.67. The Morgan fingerprint density at radius 2 is 1.97 bits per heavy atom. The van der Waals surface area contributed by atoms with E-state index in [0.29, 0.717) is 16.1 Å². The fraction of sp³-hybridized carbons (Fsp3) is 0.136. The van der Waals surface area contributed by atoms with Crippen LogP contribution in [-0.2, 0) is 4.79 Å². The summed E-state index contributed by atoms with van der Waals surface area (Å²) in [6.07, 6.45) is 3.34. The van der Waals surface area contributed by atoms with Crippen LogP contribution in [-0.4, -0.2) is 33.5 Å². The van der Waals surface area contributed by atoms with Gasteiger partial charge in [0.15, 0.2) is 0 Å². The average molecular weight is 421 g/mol. The number of amides is 3. The van der Waals surface area contributed by atoms with Crippen molar-refractivity contribution in [3.8, 4) is 6.07 Å². The number of aliphatic hydroxyl groups excluding tert-OH is 1. The molecule has 3 N–H and O–H groups in total. The lowest BCUT2D eigenvalue weighted by atomic mass is 10.0. The smallest absolute Gasteiger partial charge is 0.329 e. The molecule has 8 heteroatoms. The molecule has 1 atom stereocenters. The van der Waals surface area contributed by atoms with Crippen LogP contribution in [0.25, 0.3) is 17.0 Å². The van der Waals surface area contributed by atoms with Crippen molar-refractivity contribution >= 4 is 40.5 Å². The lowest BCUT2D eigenvalue weighted by Gasteiger charge is -2.23. The molecule has 4 rings (SSSR count). The largest absolute Gasteiger partial charge is 0.394 e. The van der Waals surface area contributed by atoms with Gasteiger partial charge in [0.1, 0.15) is 5.70 Å². The number of nitrogens with one attached hydrogen (secondary N) is 2. The Hall–Kier alpha value is -3.60. The van der Waals surface area contributed by atoms with E-state index < -0.39 is 24.6 Å². The Morgan fingerprint density at radius 3 is 2.63 bits per heavy atom. The Labute approximate surface area is 177 Å². The predicted molar refractivity (Wildman–Crippen MR) is 112 cm³/mol. The van der Waals surface area contributed by atoms with Crippen molar-refractivity contribution in [2.24, 2.45) is 0 Å². The summed E-state index contributed by atoms with van der Waals surface area (Å²) in [6.45, 7) is 1.45. The van der Waals surface area contributed by atoms with Crippen molar-refractivity contribution in [2.45, 2.75) is 13.0 Å². The van der Waals surface area contributed by atoms with E-state index in [1.165, 1.54) is 0 Å². The molecule has 30 heavy (non-hydrogen) atoms. The monoisotopic (exact) mass is 420 g/mol. The van der Waals surface area contributed by atoms with Crippen LogP contribution in [0.5, 0.6) is 0 Å². The molecule has 150 valence electrons. The first-order valence-electron chi connectivity index (χ1n) is 9.18. The topological polar surface area (TPSA) is 109 Å². The van der Waals surface area contributed by atoms with E-state index in [0.717, 1.165) is 26.9 Å². The zero-order chi connectivity index (χ0) is 21.4. The standard InChI is InChI=1S/C22H17ClN4O3/c1-12-17(23)7-6-16-15(10-25-20(12)16)8-18-21(29)27(22(30)26-18)19(11-28)14-4-2-13(9-24)3-5-14/h2-8,10,19,25,28H,11H2,1H3,(H,26,30)/b18-8-/t19-/m0/s1. The lowest BCUT2D eigenvalue weighted by Crippen LogP contribution is -2.36. The van der Waals surface area contributed by atoms with Gasteiger partial charge in [0.2, 0.25) is 0 Å². The van der Waals surface area contributed by atoms with E-state index in [9.17, 15) is 14.7 Å². The first kappa shape index (κ1) is 19.7.